The Labute approximate surface area is 109 Å². The molecule has 0 saturated carbocycles. The standard InChI is InChI=1S/C13H12ClNOS/c1-8-2-3-9-10(6-8)16-11(7-15-9)12-4-5-13(14)17-12/h2-6,11,15H,7H2,1H3. The second kappa shape index (κ2) is 4.24. The molecule has 1 N–H and O–H groups in total. The van der Waals surface area contributed by atoms with Crippen molar-refractivity contribution in [2.24, 2.45) is 0 Å². The van der Waals surface area contributed by atoms with Crippen molar-refractivity contribution in [3.8, 4) is 5.75 Å². The maximum Gasteiger partial charge on any atom is 0.150 e. The van der Waals surface area contributed by atoms with Gasteiger partial charge in [0.05, 0.1) is 16.6 Å². The predicted octanol–water partition coefficient (Wildman–Crippen LogP) is 4.26. The third-order valence-electron chi connectivity index (χ3n) is 2.80. The van der Waals surface area contributed by atoms with Crippen LogP contribution in [0.2, 0.25) is 4.34 Å². The van der Waals surface area contributed by atoms with Gasteiger partial charge in [0.15, 0.2) is 6.10 Å². The number of fused-ring (bicyclic) bond motifs is 1. The van der Waals surface area contributed by atoms with Crippen molar-refractivity contribution < 1.29 is 4.74 Å². The molecule has 1 atom stereocenters. The maximum atomic E-state index is 6.00. The number of thiophene rings is 1. The fourth-order valence-corrected chi connectivity index (χ4v) is 3.02. The molecule has 1 aliphatic heterocycles. The first-order chi connectivity index (χ1) is 8.22. The number of halogens is 1. The van der Waals surface area contributed by atoms with Crippen LogP contribution >= 0.6 is 22.9 Å². The lowest BCUT2D eigenvalue weighted by Gasteiger charge is -2.27. The molecule has 2 aromatic rings. The van der Waals surface area contributed by atoms with Crippen molar-refractivity contribution >= 4 is 28.6 Å². The summed E-state index contributed by atoms with van der Waals surface area (Å²) in [5, 5.41) is 3.39. The summed E-state index contributed by atoms with van der Waals surface area (Å²) in [7, 11) is 0. The maximum absolute atomic E-state index is 6.00. The molecule has 1 aromatic carbocycles. The van der Waals surface area contributed by atoms with E-state index in [0.29, 0.717) is 0 Å². The Hall–Kier alpha value is -1.19. The Bertz CT molecular complexity index is 552. The zero-order valence-electron chi connectivity index (χ0n) is 9.37. The highest BCUT2D eigenvalue weighted by Gasteiger charge is 2.22. The smallest absolute Gasteiger partial charge is 0.150 e. The molecule has 0 spiro atoms. The molecular weight excluding hydrogens is 254 g/mol. The predicted molar refractivity (Wildman–Crippen MR) is 72.4 cm³/mol. The molecule has 0 radical (unpaired) electrons. The second-order valence-corrected chi connectivity index (χ2v) is 5.88. The van der Waals surface area contributed by atoms with Gasteiger partial charge in [-0.25, -0.2) is 0 Å². The summed E-state index contributed by atoms with van der Waals surface area (Å²) in [5.41, 5.74) is 2.27. The Morgan fingerprint density at radius 3 is 3.00 bits per heavy atom. The normalized spacial score (nSPS) is 18.1. The highest BCUT2D eigenvalue weighted by atomic mass is 35.5. The zero-order chi connectivity index (χ0) is 11.8. The fraction of sp³-hybridized carbons (Fsp3) is 0.231. The minimum absolute atomic E-state index is 0.0572. The quantitative estimate of drug-likeness (QED) is 0.832. The first kappa shape index (κ1) is 10.9. The van der Waals surface area contributed by atoms with Gasteiger partial charge in [0, 0.05) is 4.88 Å². The SMILES string of the molecule is Cc1ccc2c(c1)OC(c1ccc(Cl)s1)CN2. The molecule has 2 nitrogen and oxygen atoms in total. The molecule has 0 fully saturated rings. The van der Waals surface area contributed by atoms with Crippen LogP contribution in [0.25, 0.3) is 0 Å². The number of rotatable bonds is 1. The van der Waals surface area contributed by atoms with Crippen molar-refractivity contribution in [2.75, 3.05) is 11.9 Å². The second-order valence-electron chi connectivity index (χ2n) is 4.13. The molecule has 1 unspecified atom stereocenters. The van der Waals surface area contributed by atoms with E-state index < -0.39 is 0 Å². The molecule has 88 valence electrons. The lowest BCUT2D eigenvalue weighted by Crippen LogP contribution is -2.22. The molecule has 0 saturated heterocycles. The van der Waals surface area contributed by atoms with Gasteiger partial charge in [-0.05, 0) is 36.8 Å². The summed E-state index contributed by atoms with van der Waals surface area (Å²) < 4.78 is 6.81. The summed E-state index contributed by atoms with van der Waals surface area (Å²) >= 11 is 7.52. The van der Waals surface area contributed by atoms with Gasteiger partial charge in [0.1, 0.15) is 5.75 Å². The average Bonchev–Trinajstić information content (AvgIpc) is 2.75. The average molecular weight is 266 g/mol. The third-order valence-corrected chi connectivity index (χ3v) is 4.12. The number of hydrogen-bond acceptors (Lipinski definition) is 3. The van der Waals surface area contributed by atoms with Gasteiger partial charge < -0.3 is 10.1 Å². The minimum Gasteiger partial charge on any atom is -0.481 e. The zero-order valence-corrected chi connectivity index (χ0v) is 10.9. The van der Waals surface area contributed by atoms with Gasteiger partial charge in [-0.15, -0.1) is 11.3 Å². The Morgan fingerprint density at radius 1 is 1.35 bits per heavy atom. The van der Waals surface area contributed by atoms with Crippen molar-refractivity contribution in [2.45, 2.75) is 13.0 Å². The molecule has 1 aromatic heterocycles. The molecule has 0 amide bonds. The number of aryl methyl sites for hydroxylation is 1. The van der Waals surface area contributed by atoms with Crippen LogP contribution in [-0.2, 0) is 0 Å². The summed E-state index contributed by atoms with van der Waals surface area (Å²) in [4.78, 5) is 1.16. The van der Waals surface area contributed by atoms with Crippen LogP contribution in [0.3, 0.4) is 0 Å². The van der Waals surface area contributed by atoms with E-state index in [1.165, 1.54) is 5.56 Å². The summed E-state index contributed by atoms with van der Waals surface area (Å²) in [6.07, 6.45) is 0.0572. The molecule has 3 rings (SSSR count). The molecule has 2 heterocycles. The van der Waals surface area contributed by atoms with Crippen molar-refractivity contribution in [1.29, 1.82) is 0 Å². The third kappa shape index (κ3) is 2.13. The molecule has 1 aliphatic rings. The summed E-state index contributed by atoms with van der Waals surface area (Å²) in [5.74, 6) is 0.922. The summed E-state index contributed by atoms with van der Waals surface area (Å²) in [6.45, 7) is 2.85. The van der Waals surface area contributed by atoms with E-state index in [4.69, 9.17) is 16.3 Å². The van der Waals surface area contributed by atoms with E-state index >= 15 is 0 Å². The van der Waals surface area contributed by atoms with E-state index in [9.17, 15) is 0 Å². The topological polar surface area (TPSA) is 21.3 Å². The Kier molecular flexibility index (Phi) is 2.73. The first-order valence-corrected chi connectivity index (χ1v) is 6.68. The van der Waals surface area contributed by atoms with Gasteiger partial charge in [-0.1, -0.05) is 17.7 Å². The van der Waals surface area contributed by atoms with Gasteiger partial charge in [0.2, 0.25) is 0 Å². The van der Waals surface area contributed by atoms with E-state index in [0.717, 1.165) is 27.2 Å². The fourth-order valence-electron chi connectivity index (χ4n) is 1.93. The molecular formula is C13H12ClNOS. The molecule has 17 heavy (non-hydrogen) atoms. The van der Waals surface area contributed by atoms with Crippen molar-refractivity contribution in [3.05, 3.63) is 45.1 Å². The first-order valence-electron chi connectivity index (χ1n) is 5.49. The minimum atomic E-state index is 0.0572. The highest BCUT2D eigenvalue weighted by Crippen LogP contribution is 2.37. The van der Waals surface area contributed by atoms with Crippen LogP contribution in [-0.4, -0.2) is 6.54 Å². The van der Waals surface area contributed by atoms with E-state index in [-0.39, 0.29) is 6.10 Å². The van der Waals surface area contributed by atoms with Crippen LogP contribution in [0.5, 0.6) is 5.75 Å². The van der Waals surface area contributed by atoms with Gasteiger partial charge in [-0.2, -0.15) is 0 Å². The number of ether oxygens (including phenoxy) is 1. The van der Waals surface area contributed by atoms with E-state index in [2.05, 4.69) is 30.4 Å². The van der Waals surface area contributed by atoms with Crippen LogP contribution < -0.4 is 10.1 Å². The van der Waals surface area contributed by atoms with Gasteiger partial charge in [0.25, 0.3) is 0 Å². The lowest BCUT2D eigenvalue weighted by atomic mass is 10.1. The molecule has 0 bridgehead atoms. The largest absolute Gasteiger partial charge is 0.481 e. The number of anilines is 1. The Balaban J connectivity index is 1.89. The van der Waals surface area contributed by atoms with Crippen LogP contribution in [0, 0.1) is 6.92 Å². The van der Waals surface area contributed by atoms with Gasteiger partial charge >= 0.3 is 0 Å². The van der Waals surface area contributed by atoms with Crippen LogP contribution in [0.15, 0.2) is 30.3 Å². The van der Waals surface area contributed by atoms with Crippen molar-refractivity contribution in [3.63, 3.8) is 0 Å². The number of nitrogens with one attached hydrogen (secondary N) is 1. The number of hydrogen-bond donors (Lipinski definition) is 1. The summed E-state index contributed by atoms with van der Waals surface area (Å²) in [6, 6.07) is 10.1. The monoisotopic (exact) mass is 265 g/mol. The van der Waals surface area contributed by atoms with E-state index in [1.807, 2.05) is 12.1 Å². The van der Waals surface area contributed by atoms with Gasteiger partial charge in [-0.3, -0.25) is 0 Å². The number of benzene rings is 1. The highest BCUT2D eigenvalue weighted by molar-refractivity contribution is 7.16. The molecule has 0 aliphatic carbocycles. The van der Waals surface area contributed by atoms with Crippen LogP contribution in [0.1, 0.15) is 16.5 Å². The lowest BCUT2D eigenvalue weighted by molar-refractivity contribution is 0.214. The van der Waals surface area contributed by atoms with Crippen molar-refractivity contribution in [1.82, 2.24) is 0 Å². The van der Waals surface area contributed by atoms with Crippen LogP contribution in [0.4, 0.5) is 5.69 Å². The Morgan fingerprint density at radius 2 is 2.24 bits per heavy atom. The molecule has 4 heteroatoms. The van der Waals surface area contributed by atoms with E-state index in [1.54, 1.807) is 11.3 Å².